The Balaban J connectivity index is 2.49. The Bertz CT molecular complexity index is 553. The second kappa shape index (κ2) is 3.93. The standard InChI is InChI=1S/C9H6BrN3O3/c10-8-5-12(11-9(8)13(15)16)6-2-1-3-7(14)4-6/h1-5,14H. The molecule has 7 heteroatoms. The molecule has 16 heavy (non-hydrogen) atoms. The Morgan fingerprint density at radius 2 is 2.25 bits per heavy atom. The summed E-state index contributed by atoms with van der Waals surface area (Å²) in [4.78, 5) is 10.0. The monoisotopic (exact) mass is 283 g/mol. The maximum absolute atomic E-state index is 10.6. The Morgan fingerprint density at radius 3 is 2.81 bits per heavy atom. The zero-order chi connectivity index (χ0) is 11.7. The van der Waals surface area contributed by atoms with Crippen molar-refractivity contribution in [3.05, 3.63) is 45.0 Å². The lowest BCUT2D eigenvalue weighted by atomic mass is 10.3. The third-order valence-corrected chi connectivity index (χ3v) is 2.48. The molecule has 0 spiro atoms. The molecule has 0 bridgehead atoms. The highest BCUT2D eigenvalue weighted by atomic mass is 79.9. The predicted octanol–water partition coefficient (Wildman–Crippen LogP) is 2.25. The van der Waals surface area contributed by atoms with Crippen LogP contribution in [0.4, 0.5) is 5.82 Å². The number of hydrogen-bond acceptors (Lipinski definition) is 4. The molecule has 0 aliphatic rings. The number of halogens is 1. The second-order valence-electron chi connectivity index (χ2n) is 3.02. The molecule has 0 radical (unpaired) electrons. The van der Waals surface area contributed by atoms with Crippen molar-refractivity contribution in [2.24, 2.45) is 0 Å². The Labute approximate surface area is 98.4 Å². The summed E-state index contributed by atoms with van der Waals surface area (Å²) in [5, 5.41) is 23.6. The lowest BCUT2D eigenvalue weighted by Gasteiger charge is -1.96. The first-order valence-corrected chi connectivity index (χ1v) is 5.06. The molecular weight excluding hydrogens is 278 g/mol. The molecule has 0 atom stereocenters. The van der Waals surface area contributed by atoms with Crippen molar-refractivity contribution in [3.8, 4) is 11.4 Å². The van der Waals surface area contributed by atoms with Crippen LogP contribution in [0.15, 0.2) is 34.9 Å². The van der Waals surface area contributed by atoms with Crippen LogP contribution in [0.2, 0.25) is 0 Å². The lowest BCUT2D eigenvalue weighted by Crippen LogP contribution is -1.96. The first-order valence-electron chi connectivity index (χ1n) is 4.27. The summed E-state index contributed by atoms with van der Waals surface area (Å²) in [6.07, 6.45) is 1.47. The number of hydrogen-bond donors (Lipinski definition) is 1. The fraction of sp³-hybridized carbons (Fsp3) is 0. The summed E-state index contributed by atoms with van der Waals surface area (Å²) in [6, 6.07) is 6.29. The number of aromatic hydroxyl groups is 1. The second-order valence-corrected chi connectivity index (χ2v) is 3.88. The first-order chi connectivity index (χ1) is 7.58. The quantitative estimate of drug-likeness (QED) is 0.677. The van der Waals surface area contributed by atoms with Crippen LogP contribution < -0.4 is 0 Å². The van der Waals surface area contributed by atoms with E-state index in [9.17, 15) is 15.2 Å². The molecule has 0 saturated carbocycles. The van der Waals surface area contributed by atoms with Crippen LogP contribution in [0.5, 0.6) is 5.75 Å². The summed E-state index contributed by atoms with van der Waals surface area (Å²) in [5.41, 5.74) is 0.550. The van der Waals surface area contributed by atoms with Gasteiger partial charge in [0.05, 0.1) is 17.0 Å². The molecule has 82 valence electrons. The van der Waals surface area contributed by atoms with Gasteiger partial charge in [-0.25, -0.2) is 0 Å². The van der Waals surface area contributed by atoms with Gasteiger partial charge in [-0.15, -0.1) is 4.68 Å². The molecule has 2 rings (SSSR count). The van der Waals surface area contributed by atoms with Crippen LogP contribution in [0, 0.1) is 10.1 Å². The molecule has 2 aromatic rings. The van der Waals surface area contributed by atoms with Crippen molar-refractivity contribution >= 4 is 21.7 Å². The smallest absolute Gasteiger partial charge is 0.404 e. The van der Waals surface area contributed by atoms with Crippen molar-refractivity contribution in [2.45, 2.75) is 0 Å². The van der Waals surface area contributed by atoms with E-state index < -0.39 is 4.92 Å². The summed E-state index contributed by atoms with van der Waals surface area (Å²) < 4.78 is 1.61. The van der Waals surface area contributed by atoms with Gasteiger partial charge < -0.3 is 15.2 Å². The highest BCUT2D eigenvalue weighted by Crippen LogP contribution is 2.25. The van der Waals surface area contributed by atoms with Gasteiger partial charge in [-0.2, -0.15) is 0 Å². The van der Waals surface area contributed by atoms with E-state index in [2.05, 4.69) is 21.0 Å². The molecule has 1 N–H and O–H groups in total. The molecule has 1 heterocycles. The van der Waals surface area contributed by atoms with E-state index in [4.69, 9.17) is 0 Å². The van der Waals surface area contributed by atoms with Gasteiger partial charge >= 0.3 is 5.82 Å². The molecule has 0 unspecified atom stereocenters. The molecule has 0 amide bonds. The van der Waals surface area contributed by atoms with Gasteiger partial charge in [0.15, 0.2) is 0 Å². The molecule has 1 aromatic carbocycles. The van der Waals surface area contributed by atoms with E-state index in [0.717, 1.165) is 0 Å². The average Bonchev–Trinajstić information content (AvgIpc) is 2.60. The number of nitro groups is 1. The Kier molecular flexibility index (Phi) is 2.61. The third kappa shape index (κ3) is 1.89. The van der Waals surface area contributed by atoms with Gasteiger partial charge in [0.1, 0.15) is 10.2 Å². The van der Waals surface area contributed by atoms with E-state index >= 15 is 0 Å². The maximum atomic E-state index is 10.6. The van der Waals surface area contributed by atoms with Crippen molar-refractivity contribution in [1.82, 2.24) is 9.78 Å². The lowest BCUT2D eigenvalue weighted by molar-refractivity contribution is -0.390. The topological polar surface area (TPSA) is 81.2 Å². The molecule has 0 fully saturated rings. The molecule has 0 aliphatic carbocycles. The Morgan fingerprint density at radius 1 is 1.50 bits per heavy atom. The summed E-state index contributed by atoms with van der Waals surface area (Å²) in [7, 11) is 0. The van der Waals surface area contributed by atoms with E-state index in [-0.39, 0.29) is 11.6 Å². The molecule has 0 saturated heterocycles. The van der Waals surface area contributed by atoms with E-state index in [0.29, 0.717) is 10.2 Å². The number of phenolic OH excluding ortho intramolecular Hbond substituents is 1. The van der Waals surface area contributed by atoms with E-state index in [1.54, 1.807) is 12.1 Å². The fourth-order valence-electron chi connectivity index (χ4n) is 1.24. The van der Waals surface area contributed by atoms with Crippen LogP contribution in [0.1, 0.15) is 0 Å². The predicted molar refractivity (Wildman–Crippen MR) is 59.6 cm³/mol. The van der Waals surface area contributed by atoms with Crippen LogP contribution in [0.3, 0.4) is 0 Å². The van der Waals surface area contributed by atoms with Crippen LogP contribution in [-0.4, -0.2) is 19.8 Å². The van der Waals surface area contributed by atoms with Gasteiger partial charge in [0.2, 0.25) is 0 Å². The molecular formula is C9H6BrN3O3. The zero-order valence-corrected chi connectivity index (χ0v) is 9.46. The average molecular weight is 284 g/mol. The minimum Gasteiger partial charge on any atom is -0.508 e. The highest BCUT2D eigenvalue weighted by Gasteiger charge is 2.19. The van der Waals surface area contributed by atoms with Crippen molar-refractivity contribution < 1.29 is 10.0 Å². The van der Waals surface area contributed by atoms with Gasteiger partial charge in [-0.1, -0.05) is 6.07 Å². The fourth-order valence-corrected chi connectivity index (χ4v) is 1.65. The van der Waals surface area contributed by atoms with Gasteiger partial charge in [-0.3, -0.25) is 0 Å². The zero-order valence-electron chi connectivity index (χ0n) is 7.87. The summed E-state index contributed by atoms with van der Waals surface area (Å²) >= 11 is 3.05. The van der Waals surface area contributed by atoms with E-state index in [1.165, 1.54) is 23.0 Å². The minimum absolute atomic E-state index is 0.0757. The van der Waals surface area contributed by atoms with Gasteiger partial charge in [0.25, 0.3) is 0 Å². The first kappa shape index (κ1) is 10.6. The van der Waals surface area contributed by atoms with Crippen molar-refractivity contribution in [1.29, 1.82) is 0 Å². The van der Waals surface area contributed by atoms with Crippen LogP contribution >= 0.6 is 15.9 Å². The number of nitrogens with zero attached hydrogens (tertiary/aromatic N) is 3. The number of benzene rings is 1. The minimum atomic E-state index is -0.580. The number of phenols is 1. The third-order valence-electron chi connectivity index (χ3n) is 1.92. The van der Waals surface area contributed by atoms with Gasteiger partial charge in [0, 0.05) is 6.07 Å². The normalized spacial score (nSPS) is 10.3. The number of rotatable bonds is 2. The maximum Gasteiger partial charge on any atom is 0.404 e. The summed E-state index contributed by atoms with van der Waals surface area (Å²) in [5.74, 6) is -0.185. The van der Waals surface area contributed by atoms with Crippen LogP contribution in [0.25, 0.3) is 5.69 Å². The molecule has 0 aliphatic heterocycles. The van der Waals surface area contributed by atoms with E-state index in [1.807, 2.05) is 0 Å². The SMILES string of the molecule is O=[N+]([O-])c1nn(-c2cccc(O)c2)cc1Br. The largest absolute Gasteiger partial charge is 0.508 e. The summed E-state index contributed by atoms with van der Waals surface area (Å²) in [6.45, 7) is 0. The molecule has 1 aromatic heterocycles. The van der Waals surface area contributed by atoms with Crippen molar-refractivity contribution in [3.63, 3.8) is 0 Å². The highest BCUT2D eigenvalue weighted by molar-refractivity contribution is 9.10. The van der Waals surface area contributed by atoms with Crippen molar-refractivity contribution in [2.75, 3.05) is 0 Å². The molecule has 6 nitrogen and oxygen atoms in total. The van der Waals surface area contributed by atoms with Crippen LogP contribution in [-0.2, 0) is 0 Å². The van der Waals surface area contributed by atoms with Gasteiger partial charge in [-0.05, 0) is 33.0 Å². The Hall–Kier alpha value is -1.89. The number of aromatic nitrogens is 2.